The number of hydrogen-bond donors (Lipinski definition) is 3. The molecule has 0 aliphatic carbocycles. The predicted molar refractivity (Wildman–Crippen MR) is 139 cm³/mol. The van der Waals surface area contributed by atoms with Gasteiger partial charge in [-0.05, 0) is 31.7 Å². The van der Waals surface area contributed by atoms with Gasteiger partial charge in [0.2, 0.25) is 0 Å². The molecule has 0 rings (SSSR count). The standard InChI is InChI=1S/C27H56N2O4/c1-3-5-7-10-14-26(15-11-8-6-4-2)17-25-33-27(32)16-12-9-13-20-29(22-24-31)21-18-28-19-23-30/h26,28,30-31H,3-25H2,1-2H3. The van der Waals surface area contributed by atoms with Crippen LogP contribution in [-0.4, -0.2) is 73.6 Å². The number of esters is 1. The first-order chi connectivity index (χ1) is 16.2. The summed E-state index contributed by atoms with van der Waals surface area (Å²) in [7, 11) is 0. The van der Waals surface area contributed by atoms with Gasteiger partial charge in [-0.2, -0.15) is 0 Å². The molecule has 6 heteroatoms. The van der Waals surface area contributed by atoms with Crippen LogP contribution < -0.4 is 5.32 Å². The zero-order valence-corrected chi connectivity index (χ0v) is 22.0. The van der Waals surface area contributed by atoms with E-state index in [9.17, 15) is 9.90 Å². The fourth-order valence-electron chi connectivity index (χ4n) is 4.26. The van der Waals surface area contributed by atoms with E-state index in [1.54, 1.807) is 0 Å². The van der Waals surface area contributed by atoms with Crippen molar-refractivity contribution in [2.24, 2.45) is 5.92 Å². The van der Waals surface area contributed by atoms with Crippen LogP contribution in [0.25, 0.3) is 0 Å². The van der Waals surface area contributed by atoms with E-state index < -0.39 is 0 Å². The molecule has 0 aliphatic rings. The van der Waals surface area contributed by atoms with Gasteiger partial charge in [-0.15, -0.1) is 0 Å². The molecular formula is C27H56N2O4. The van der Waals surface area contributed by atoms with Crippen molar-refractivity contribution in [1.29, 1.82) is 0 Å². The first-order valence-electron chi connectivity index (χ1n) is 14.0. The van der Waals surface area contributed by atoms with Crippen molar-refractivity contribution in [3.63, 3.8) is 0 Å². The van der Waals surface area contributed by atoms with Gasteiger partial charge in [-0.1, -0.05) is 84.5 Å². The summed E-state index contributed by atoms with van der Waals surface area (Å²) in [5.41, 5.74) is 0. The number of unbranched alkanes of at least 4 members (excludes halogenated alkanes) is 8. The zero-order chi connectivity index (χ0) is 24.4. The van der Waals surface area contributed by atoms with E-state index >= 15 is 0 Å². The lowest BCUT2D eigenvalue weighted by atomic mass is 9.92. The summed E-state index contributed by atoms with van der Waals surface area (Å²) in [6.45, 7) is 9.26. The van der Waals surface area contributed by atoms with Crippen LogP contribution in [0.15, 0.2) is 0 Å². The van der Waals surface area contributed by atoms with Crippen molar-refractivity contribution in [2.75, 3.05) is 52.5 Å². The lowest BCUT2D eigenvalue weighted by Crippen LogP contribution is -2.35. The van der Waals surface area contributed by atoms with Crippen LogP contribution in [-0.2, 0) is 9.53 Å². The molecule has 0 saturated carbocycles. The average molecular weight is 473 g/mol. The quantitative estimate of drug-likeness (QED) is 0.123. The van der Waals surface area contributed by atoms with Crippen LogP contribution in [0.2, 0.25) is 0 Å². The van der Waals surface area contributed by atoms with E-state index in [1.165, 1.54) is 64.2 Å². The summed E-state index contributed by atoms with van der Waals surface area (Å²) < 4.78 is 5.56. The molecule has 0 atom stereocenters. The Balaban J connectivity index is 3.93. The van der Waals surface area contributed by atoms with Crippen molar-refractivity contribution in [1.82, 2.24) is 10.2 Å². The maximum Gasteiger partial charge on any atom is 0.305 e. The lowest BCUT2D eigenvalue weighted by molar-refractivity contribution is -0.144. The van der Waals surface area contributed by atoms with Crippen LogP contribution in [0, 0.1) is 5.92 Å². The number of rotatable bonds is 26. The van der Waals surface area contributed by atoms with Gasteiger partial charge in [0.05, 0.1) is 19.8 Å². The molecule has 0 radical (unpaired) electrons. The van der Waals surface area contributed by atoms with Gasteiger partial charge in [-0.25, -0.2) is 0 Å². The molecule has 3 N–H and O–H groups in total. The Morgan fingerprint density at radius 3 is 2.03 bits per heavy atom. The summed E-state index contributed by atoms with van der Waals surface area (Å²) in [5.74, 6) is 0.655. The fraction of sp³-hybridized carbons (Fsp3) is 0.963. The Hall–Kier alpha value is -0.690. The number of aliphatic hydroxyl groups excluding tert-OH is 2. The Morgan fingerprint density at radius 2 is 1.42 bits per heavy atom. The normalized spacial score (nSPS) is 11.6. The highest BCUT2D eigenvalue weighted by atomic mass is 16.5. The van der Waals surface area contributed by atoms with Crippen molar-refractivity contribution in [3.05, 3.63) is 0 Å². The molecule has 0 unspecified atom stereocenters. The highest BCUT2D eigenvalue weighted by molar-refractivity contribution is 5.69. The molecule has 0 aromatic rings. The summed E-state index contributed by atoms with van der Waals surface area (Å²) in [6.07, 6.45) is 17.5. The number of nitrogens with one attached hydrogen (secondary N) is 1. The summed E-state index contributed by atoms with van der Waals surface area (Å²) in [4.78, 5) is 14.4. The molecule has 6 nitrogen and oxygen atoms in total. The molecule has 198 valence electrons. The minimum Gasteiger partial charge on any atom is -0.466 e. The van der Waals surface area contributed by atoms with Crippen molar-refractivity contribution >= 4 is 5.97 Å². The van der Waals surface area contributed by atoms with Gasteiger partial charge in [-0.3, -0.25) is 9.69 Å². The molecule has 0 bridgehead atoms. The molecule has 0 spiro atoms. The highest BCUT2D eigenvalue weighted by Crippen LogP contribution is 2.21. The highest BCUT2D eigenvalue weighted by Gasteiger charge is 2.11. The van der Waals surface area contributed by atoms with Gasteiger partial charge < -0.3 is 20.3 Å². The predicted octanol–water partition coefficient (Wildman–Crippen LogP) is 4.91. The molecule has 0 saturated heterocycles. The third kappa shape index (κ3) is 22.8. The Morgan fingerprint density at radius 1 is 0.758 bits per heavy atom. The second-order valence-corrected chi connectivity index (χ2v) is 9.42. The fourth-order valence-corrected chi connectivity index (χ4v) is 4.26. The molecule has 0 fully saturated rings. The van der Waals surface area contributed by atoms with Crippen molar-refractivity contribution in [2.45, 2.75) is 110 Å². The first-order valence-corrected chi connectivity index (χ1v) is 14.0. The number of carbonyl (C=O) groups excluding carboxylic acids is 1. The number of nitrogens with zero attached hydrogens (tertiary/aromatic N) is 1. The van der Waals surface area contributed by atoms with E-state index in [1.807, 2.05) is 0 Å². The minimum absolute atomic E-state index is 0.0499. The maximum absolute atomic E-state index is 12.1. The SMILES string of the molecule is CCCCCCC(CCCCCC)CCOC(=O)CCCCCN(CCO)CCNCCO. The third-order valence-corrected chi connectivity index (χ3v) is 6.39. The van der Waals surface area contributed by atoms with E-state index in [0.29, 0.717) is 32.0 Å². The van der Waals surface area contributed by atoms with Crippen molar-refractivity contribution in [3.8, 4) is 0 Å². The number of aliphatic hydroxyl groups is 2. The minimum atomic E-state index is -0.0499. The molecule has 0 heterocycles. The van der Waals surface area contributed by atoms with E-state index in [0.717, 1.165) is 45.3 Å². The monoisotopic (exact) mass is 472 g/mol. The van der Waals surface area contributed by atoms with Gasteiger partial charge in [0.25, 0.3) is 0 Å². The van der Waals surface area contributed by atoms with E-state index in [4.69, 9.17) is 9.84 Å². The van der Waals surface area contributed by atoms with Crippen LogP contribution in [0.4, 0.5) is 0 Å². The smallest absolute Gasteiger partial charge is 0.305 e. The Labute approximate surface area is 204 Å². The molecule has 0 aromatic heterocycles. The molecule has 0 aromatic carbocycles. The zero-order valence-electron chi connectivity index (χ0n) is 22.0. The van der Waals surface area contributed by atoms with E-state index in [-0.39, 0.29) is 19.2 Å². The summed E-state index contributed by atoms with van der Waals surface area (Å²) >= 11 is 0. The second kappa shape index (κ2) is 25.9. The van der Waals surface area contributed by atoms with Gasteiger partial charge in [0.1, 0.15) is 0 Å². The number of ether oxygens (including phenoxy) is 1. The topological polar surface area (TPSA) is 82.0 Å². The molecule has 0 amide bonds. The number of hydrogen-bond acceptors (Lipinski definition) is 6. The summed E-state index contributed by atoms with van der Waals surface area (Å²) in [5, 5.41) is 21.2. The Bertz CT molecular complexity index is 398. The first kappa shape index (κ1) is 32.3. The van der Waals surface area contributed by atoms with Gasteiger partial charge >= 0.3 is 5.97 Å². The third-order valence-electron chi connectivity index (χ3n) is 6.39. The second-order valence-electron chi connectivity index (χ2n) is 9.42. The average Bonchev–Trinajstić information content (AvgIpc) is 2.81. The van der Waals surface area contributed by atoms with Crippen LogP contribution in [0.1, 0.15) is 110 Å². The van der Waals surface area contributed by atoms with E-state index in [2.05, 4.69) is 24.1 Å². The van der Waals surface area contributed by atoms with Gasteiger partial charge in [0.15, 0.2) is 0 Å². The molecule has 33 heavy (non-hydrogen) atoms. The van der Waals surface area contributed by atoms with Crippen LogP contribution >= 0.6 is 0 Å². The lowest BCUT2D eigenvalue weighted by Gasteiger charge is -2.21. The molecular weight excluding hydrogens is 416 g/mol. The maximum atomic E-state index is 12.1. The number of carbonyl (C=O) groups is 1. The molecule has 0 aliphatic heterocycles. The van der Waals surface area contributed by atoms with Crippen molar-refractivity contribution < 1.29 is 19.7 Å². The van der Waals surface area contributed by atoms with Crippen LogP contribution in [0.5, 0.6) is 0 Å². The Kier molecular flexibility index (Phi) is 25.4. The van der Waals surface area contributed by atoms with Gasteiger partial charge in [0, 0.05) is 32.6 Å². The van der Waals surface area contributed by atoms with Crippen LogP contribution in [0.3, 0.4) is 0 Å². The largest absolute Gasteiger partial charge is 0.466 e. The summed E-state index contributed by atoms with van der Waals surface area (Å²) in [6, 6.07) is 0.